The van der Waals surface area contributed by atoms with Crippen LogP contribution in [-0.4, -0.2) is 28.4 Å². The number of hydrogen-bond acceptors (Lipinski definition) is 6. The Balaban J connectivity index is 1.71. The molecule has 0 aromatic heterocycles. The Kier molecular flexibility index (Phi) is 8.53. The van der Waals surface area contributed by atoms with Crippen LogP contribution in [0, 0.1) is 13.8 Å². The number of benzene rings is 5. The van der Waals surface area contributed by atoms with Crippen LogP contribution in [0.15, 0.2) is 109 Å². The normalized spacial score (nSPS) is 10.6. The number of anilines is 6. The Labute approximate surface area is 248 Å². The van der Waals surface area contributed by atoms with Gasteiger partial charge in [-0.05, 0) is 128 Å². The van der Waals surface area contributed by atoms with Crippen molar-refractivity contribution in [2.75, 3.05) is 38.2 Å². The Hall–Kier alpha value is -5.10. The molecule has 0 aliphatic heterocycles. The quantitative estimate of drug-likeness (QED) is 0.170. The third kappa shape index (κ3) is 5.84. The zero-order valence-electron chi connectivity index (χ0n) is 24.9. The van der Waals surface area contributed by atoms with Crippen LogP contribution in [0.1, 0.15) is 11.1 Å². The van der Waals surface area contributed by atoms with Crippen LogP contribution in [-0.2, 0) is 0 Å². The SMILES string of the molecule is COc1ccc(N(c2ccc(OC)cc2)c2cc(N(c3ccc(OC)cc3)c3ccc(OC)cc3)c(C)cc2C)cc1. The van der Waals surface area contributed by atoms with E-state index in [1.165, 1.54) is 0 Å². The minimum absolute atomic E-state index is 0.805. The average Bonchev–Trinajstić information content (AvgIpc) is 3.04. The maximum atomic E-state index is 5.45. The molecule has 5 rings (SSSR count). The minimum atomic E-state index is 0.805. The van der Waals surface area contributed by atoms with Crippen molar-refractivity contribution in [2.24, 2.45) is 0 Å². The first-order valence-corrected chi connectivity index (χ1v) is 13.7. The van der Waals surface area contributed by atoms with Gasteiger partial charge >= 0.3 is 0 Å². The molecular weight excluding hydrogens is 524 g/mol. The molecule has 214 valence electrons. The van der Waals surface area contributed by atoms with Gasteiger partial charge in [-0.2, -0.15) is 0 Å². The number of aryl methyl sites for hydroxylation is 2. The first-order chi connectivity index (χ1) is 20.4. The largest absolute Gasteiger partial charge is 0.497 e. The van der Waals surface area contributed by atoms with Crippen molar-refractivity contribution >= 4 is 34.1 Å². The maximum Gasteiger partial charge on any atom is 0.119 e. The summed E-state index contributed by atoms with van der Waals surface area (Å²) in [5, 5.41) is 0. The third-order valence-corrected chi connectivity index (χ3v) is 7.32. The molecule has 6 nitrogen and oxygen atoms in total. The Bertz CT molecular complexity index is 1400. The summed E-state index contributed by atoms with van der Waals surface area (Å²) in [5.74, 6) is 3.22. The second-order valence-electron chi connectivity index (χ2n) is 9.89. The molecule has 0 aliphatic carbocycles. The number of methoxy groups -OCH3 is 4. The Morgan fingerprint density at radius 3 is 0.810 bits per heavy atom. The summed E-state index contributed by atoms with van der Waals surface area (Å²) in [6.45, 7) is 4.30. The molecular formula is C36H36N2O4. The van der Waals surface area contributed by atoms with E-state index in [0.29, 0.717) is 0 Å². The van der Waals surface area contributed by atoms with E-state index in [2.05, 4.69) is 84.3 Å². The van der Waals surface area contributed by atoms with Crippen molar-refractivity contribution in [3.63, 3.8) is 0 Å². The van der Waals surface area contributed by atoms with Gasteiger partial charge in [0.05, 0.1) is 39.8 Å². The summed E-state index contributed by atoms with van der Waals surface area (Å²) >= 11 is 0. The molecule has 42 heavy (non-hydrogen) atoms. The molecule has 0 fully saturated rings. The fourth-order valence-electron chi connectivity index (χ4n) is 5.09. The summed E-state index contributed by atoms with van der Waals surface area (Å²) in [7, 11) is 6.72. The molecule has 0 radical (unpaired) electrons. The summed E-state index contributed by atoms with van der Waals surface area (Å²) < 4.78 is 21.8. The van der Waals surface area contributed by atoms with Gasteiger partial charge in [0.15, 0.2) is 0 Å². The van der Waals surface area contributed by atoms with Gasteiger partial charge in [-0.15, -0.1) is 0 Å². The molecule has 0 aliphatic rings. The van der Waals surface area contributed by atoms with Crippen LogP contribution in [0.4, 0.5) is 34.1 Å². The monoisotopic (exact) mass is 560 g/mol. The predicted molar refractivity (Wildman–Crippen MR) is 171 cm³/mol. The summed E-state index contributed by atoms with van der Waals surface area (Å²) in [6.07, 6.45) is 0. The van der Waals surface area contributed by atoms with Gasteiger partial charge in [0, 0.05) is 22.7 Å². The van der Waals surface area contributed by atoms with Gasteiger partial charge in [-0.1, -0.05) is 6.07 Å². The summed E-state index contributed by atoms with van der Waals surface area (Å²) in [4.78, 5) is 4.52. The highest BCUT2D eigenvalue weighted by Crippen LogP contribution is 2.44. The van der Waals surface area contributed by atoms with E-state index in [0.717, 1.165) is 68.2 Å². The van der Waals surface area contributed by atoms with Crippen molar-refractivity contribution in [3.8, 4) is 23.0 Å². The molecule has 6 heteroatoms. The highest BCUT2D eigenvalue weighted by molar-refractivity contribution is 5.86. The Morgan fingerprint density at radius 1 is 0.357 bits per heavy atom. The molecule has 0 N–H and O–H groups in total. The first kappa shape index (κ1) is 28.4. The maximum absolute atomic E-state index is 5.45. The van der Waals surface area contributed by atoms with E-state index >= 15 is 0 Å². The lowest BCUT2D eigenvalue weighted by Crippen LogP contribution is -2.15. The van der Waals surface area contributed by atoms with Gasteiger partial charge in [0.1, 0.15) is 23.0 Å². The van der Waals surface area contributed by atoms with Crippen LogP contribution < -0.4 is 28.7 Å². The third-order valence-electron chi connectivity index (χ3n) is 7.32. The zero-order valence-corrected chi connectivity index (χ0v) is 24.9. The van der Waals surface area contributed by atoms with Gasteiger partial charge in [0.2, 0.25) is 0 Å². The second kappa shape index (κ2) is 12.6. The van der Waals surface area contributed by atoms with Crippen molar-refractivity contribution in [1.82, 2.24) is 0 Å². The second-order valence-corrected chi connectivity index (χ2v) is 9.89. The van der Waals surface area contributed by atoms with E-state index in [9.17, 15) is 0 Å². The standard InChI is InChI=1S/C36H36N2O4/c1-25-23-26(2)36(38(29-11-19-33(41-5)20-12-29)30-13-21-34(42-6)22-14-30)24-35(25)37(27-7-15-31(39-3)16-8-27)28-9-17-32(40-4)18-10-28/h7-24H,1-6H3. The van der Waals surface area contributed by atoms with Crippen molar-refractivity contribution in [1.29, 1.82) is 0 Å². The van der Waals surface area contributed by atoms with Crippen molar-refractivity contribution < 1.29 is 18.9 Å². The number of rotatable bonds is 10. The molecule has 0 saturated heterocycles. The van der Waals surface area contributed by atoms with Crippen LogP contribution in [0.3, 0.4) is 0 Å². The van der Waals surface area contributed by atoms with E-state index in [4.69, 9.17) is 18.9 Å². The molecule has 0 heterocycles. The highest BCUT2D eigenvalue weighted by atomic mass is 16.5. The average molecular weight is 561 g/mol. The molecule has 0 unspecified atom stereocenters. The highest BCUT2D eigenvalue weighted by Gasteiger charge is 2.21. The number of ether oxygens (including phenoxy) is 4. The lowest BCUT2D eigenvalue weighted by molar-refractivity contribution is 0.414. The molecule has 0 bridgehead atoms. The molecule has 0 saturated carbocycles. The van der Waals surface area contributed by atoms with Crippen LogP contribution in [0.5, 0.6) is 23.0 Å². The summed E-state index contributed by atoms with van der Waals surface area (Å²) in [6, 6.07) is 37.0. The lowest BCUT2D eigenvalue weighted by Gasteiger charge is -2.32. The molecule has 0 spiro atoms. The van der Waals surface area contributed by atoms with E-state index in [1.807, 2.05) is 48.5 Å². The smallest absolute Gasteiger partial charge is 0.119 e. The van der Waals surface area contributed by atoms with Gasteiger partial charge in [-0.3, -0.25) is 0 Å². The van der Waals surface area contributed by atoms with Crippen molar-refractivity contribution in [3.05, 3.63) is 120 Å². The van der Waals surface area contributed by atoms with Crippen LogP contribution in [0.25, 0.3) is 0 Å². The fraction of sp³-hybridized carbons (Fsp3) is 0.167. The number of nitrogens with zero attached hydrogens (tertiary/aromatic N) is 2. The topological polar surface area (TPSA) is 43.4 Å². The molecule has 0 amide bonds. The molecule has 0 atom stereocenters. The predicted octanol–water partition coefficient (Wildman–Crippen LogP) is 9.28. The van der Waals surface area contributed by atoms with Crippen molar-refractivity contribution in [2.45, 2.75) is 13.8 Å². The van der Waals surface area contributed by atoms with Gasteiger partial charge in [-0.25, -0.2) is 0 Å². The first-order valence-electron chi connectivity index (χ1n) is 13.7. The van der Waals surface area contributed by atoms with Gasteiger partial charge in [0.25, 0.3) is 0 Å². The lowest BCUT2D eigenvalue weighted by atomic mass is 10.0. The minimum Gasteiger partial charge on any atom is -0.497 e. The van der Waals surface area contributed by atoms with Crippen LogP contribution >= 0.6 is 0 Å². The molecule has 5 aromatic rings. The fourth-order valence-corrected chi connectivity index (χ4v) is 5.09. The van der Waals surface area contributed by atoms with E-state index in [-0.39, 0.29) is 0 Å². The number of hydrogen-bond donors (Lipinski definition) is 0. The Morgan fingerprint density at radius 2 is 0.595 bits per heavy atom. The molecule has 5 aromatic carbocycles. The van der Waals surface area contributed by atoms with Crippen LogP contribution in [0.2, 0.25) is 0 Å². The van der Waals surface area contributed by atoms with Gasteiger partial charge < -0.3 is 28.7 Å². The van der Waals surface area contributed by atoms with E-state index in [1.54, 1.807) is 28.4 Å². The van der Waals surface area contributed by atoms with E-state index < -0.39 is 0 Å². The zero-order chi connectivity index (χ0) is 29.6. The summed E-state index contributed by atoms with van der Waals surface area (Å²) in [5.41, 5.74) is 8.45.